The maximum absolute atomic E-state index is 10.9. The third kappa shape index (κ3) is 3.99. The number of nitrogen functional groups attached to an aromatic ring is 1. The van der Waals surface area contributed by atoms with Gasteiger partial charge in [-0.15, -0.1) is 0 Å². The van der Waals surface area contributed by atoms with Crippen LogP contribution in [0.5, 0.6) is 0 Å². The molecule has 2 aromatic rings. The number of nitrogens with zero attached hydrogens (tertiary/aromatic N) is 4. The highest BCUT2D eigenvalue weighted by atomic mass is 32.2. The van der Waals surface area contributed by atoms with Crippen molar-refractivity contribution in [1.82, 2.24) is 19.5 Å². The smallest absolute Gasteiger partial charge is 0.320 e. The molecule has 2 unspecified atom stereocenters. The number of rotatable bonds is 7. The molecule has 0 saturated carbocycles. The monoisotopic (exact) mass is 402 g/mol. The van der Waals surface area contributed by atoms with Crippen LogP contribution >= 0.6 is 0 Å². The Morgan fingerprint density at radius 3 is 2.93 bits per heavy atom. The Bertz CT molecular complexity index is 915. The lowest BCUT2D eigenvalue weighted by Gasteiger charge is -2.16. The third-order valence-electron chi connectivity index (χ3n) is 4.36. The summed E-state index contributed by atoms with van der Waals surface area (Å²) in [4.78, 5) is 22.9. The molecule has 1 fully saturated rings. The standard InChI is InChI=1S/C15H22N6O5S/c1-27(3-2-7(16)15(24)25)4-8-10(22)11(23)14(26-8)21-6-20-9-12(17)18-5-19-13(9)21/h5-8,10-11,14,22-23H,2-4,16H2,1H3,(H2-,17,18,19,24,25)/p+1/t7-,8+,10?,11-,14+,27?/m0/s1/i1D3. The molecule has 11 nitrogen and oxygen atoms in total. The molecule has 0 bridgehead atoms. The highest BCUT2D eigenvalue weighted by Crippen LogP contribution is 2.32. The van der Waals surface area contributed by atoms with Crippen LogP contribution < -0.4 is 11.5 Å². The second kappa shape index (κ2) is 7.94. The summed E-state index contributed by atoms with van der Waals surface area (Å²) >= 11 is 0. The van der Waals surface area contributed by atoms with Gasteiger partial charge in [0.15, 0.2) is 17.7 Å². The van der Waals surface area contributed by atoms with E-state index < -0.39 is 53.6 Å². The number of carboxylic acid groups (broad SMARTS) is 1. The van der Waals surface area contributed by atoms with Gasteiger partial charge in [-0.25, -0.2) is 15.0 Å². The Morgan fingerprint density at radius 1 is 1.44 bits per heavy atom. The second-order valence-corrected chi connectivity index (χ2v) is 7.95. The molecule has 0 aromatic carbocycles. The zero-order valence-electron chi connectivity index (χ0n) is 17.2. The number of hydrogen-bond acceptors (Lipinski definition) is 9. The van der Waals surface area contributed by atoms with Gasteiger partial charge < -0.3 is 31.5 Å². The molecule has 12 heteroatoms. The first-order valence-electron chi connectivity index (χ1n) is 9.61. The van der Waals surface area contributed by atoms with Crippen molar-refractivity contribution in [1.29, 1.82) is 0 Å². The summed E-state index contributed by atoms with van der Waals surface area (Å²) in [5.74, 6) is -1.15. The van der Waals surface area contributed by atoms with Gasteiger partial charge in [0.2, 0.25) is 0 Å². The van der Waals surface area contributed by atoms with E-state index in [1.165, 1.54) is 17.2 Å². The lowest BCUT2D eigenvalue weighted by Crippen LogP contribution is -2.37. The summed E-state index contributed by atoms with van der Waals surface area (Å²) in [5, 5.41) is 29.9. The van der Waals surface area contributed by atoms with Crippen molar-refractivity contribution in [2.24, 2.45) is 5.73 Å². The summed E-state index contributed by atoms with van der Waals surface area (Å²) in [5.41, 5.74) is 11.8. The van der Waals surface area contributed by atoms with E-state index in [4.69, 9.17) is 25.4 Å². The van der Waals surface area contributed by atoms with Gasteiger partial charge in [0, 0.05) is 6.42 Å². The van der Waals surface area contributed by atoms with E-state index in [0.29, 0.717) is 11.2 Å². The van der Waals surface area contributed by atoms with Crippen LogP contribution in [-0.4, -0.2) is 82.9 Å². The fraction of sp³-hybridized carbons (Fsp3) is 0.600. The molecule has 1 aliphatic rings. The average Bonchev–Trinajstić information content (AvgIpc) is 3.21. The fourth-order valence-electron chi connectivity index (χ4n) is 2.83. The molecule has 7 N–H and O–H groups in total. The Morgan fingerprint density at radius 2 is 2.22 bits per heavy atom. The minimum Gasteiger partial charge on any atom is -0.480 e. The number of carboxylic acids is 1. The van der Waals surface area contributed by atoms with E-state index in [0.717, 1.165) is 0 Å². The molecule has 0 amide bonds. The first-order chi connectivity index (χ1) is 14.0. The number of aliphatic carboxylic acids is 1. The van der Waals surface area contributed by atoms with Crippen LogP contribution in [0.15, 0.2) is 12.7 Å². The highest BCUT2D eigenvalue weighted by Gasteiger charge is 2.46. The zero-order valence-corrected chi connectivity index (χ0v) is 15.0. The van der Waals surface area contributed by atoms with Crippen molar-refractivity contribution in [2.75, 3.05) is 23.4 Å². The quantitative estimate of drug-likeness (QED) is 0.327. The van der Waals surface area contributed by atoms with E-state index in [1.54, 1.807) is 0 Å². The average molecular weight is 402 g/mol. The number of nitrogens with two attached hydrogens (primary N) is 2. The number of anilines is 1. The van der Waals surface area contributed by atoms with Crippen molar-refractivity contribution in [3.05, 3.63) is 12.7 Å². The number of hydrogen-bond donors (Lipinski definition) is 5. The van der Waals surface area contributed by atoms with Crippen molar-refractivity contribution in [3.8, 4) is 0 Å². The number of ether oxygens (including phenoxy) is 1. The van der Waals surface area contributed by atoms with Gasteiger partial charge in [-0.2, -0.15) is 0 Å². The summed E-state index contributed by atoms with van der Waals surface area (Å²) < 4.78 is 30.4. The summed E-state index contributed by atoms with van der Waals surface area (Å²) in [7, 11) is -1.31. The van der Waals surface area contributed by atoms with Crippen LogP contribution in [0.4, 0.5) is 5.82 Å². The molecule has 1 saturated heterocycles. The topological polar surface area (TPSA) is 183 Å². The van der Waals surface area contributed by atoms with Crippen LogP contribution in [0.2, 0.25) is 0 Å². The summed E-state index contributed by atoms with van der Waals surface area (Å²) in [6.45, 7) is 0. The molecule has 0 spiro atoms. The number of aliphatic hydroxyl groups excluding tert-OH is 2. The molecule has 0 aliphatic carbocycles. The van der Waals surface area contributed by atoms with E-state index in [-0.39, 0.29) is 23.7 Å². The Kier molecular flexibility index (Phi) is 4.71. The fourth-order valence-corrected chi connectivity index (χ4v) is 4.20. The van der Waals surface area contributed by atoms with Gasteiger partial charge in [0.05, 0.1) is 16.6 Å². The molecular formula is C15H23N6O5S+. The molecule has 2 aromatic heterocycles. The van der Waals surface area contributed by atoms with Gasteiger partial charge in [-0.05, 0) is 10.9 Å². The van der Waals surface area contributed by atoms with Crippen LogP contribution in [-0.2, 0) is 20.4 Å². The molecule has 3 heterocycles. The first kappa shape index (κ1) is 16.0. The van der Waals surface area contributed by atoms with E-state index >= 15 is 0 Å². The SMILES string of the molecule is [2H]C([2H])([2H])[S+](CC[C@H](N)C(=O)O)C[C@H]1O[C@@H](n2cnc3c(N)ncnc32)[C@@H](O)C1O. The van der Waals surface area contributed by atoms with Crippen LogP contribution in [0, 0.1) is 0 Å². The van der Waals surface area contributed by atoms with E-state index in [1.807, 2.05) is 0 Å². The largest absolute Gasteiger partial charge is 0.480 e. The maximum Gasteiger partial charge on any atom is 0.320 e. The summed E-state index contributed by atoms with van der Waals surface area (Å²) in [6, 6.07) is -1.18. The predicted molar refractivity (Wildman–Crippen MR) is 98.9 cm³/mol. The minimum atomic E-state index is -2.40. The van der Waals surface area contributed by atoms with Crippen molar-refractivity contribution >= 4 is 33.8 Å². The maximum atomic E-state index is 10.9. The molecule has 27 heavy (non-hydrogen) atoms. The zero-order chi connectivity index (χ0) is 22.2. The lowest BCUT2D eigenvalue weighted by molar-refractivity contribution is -0.138. The molecule has 148 valence electrons. The van der Waals surface area contributed by atoms with Crippen molar-refractivity contribution in [3.63, 3.8) is 0 Å². The molecule has 3 rings (SSSR count). The predicted octanol–water partition coefficient (Wildman–Crippen LogP) is -1.92. The van der Waals surface area contributed by atoms with Gasteiger partial charge in [-0.1, -0.05) is 0 Å². The van der Waals surface area contributed by atoms with Gasteiger partial charge in [0.25, 0.3) is 0 Å². The lowest BCUT2D eigenvalue weighted by atomic mass is 10.1. The Labute approximate surface area is 161 Å². The minimum absolute atomic E-state index is 0.0229. The number of imidazole rings is 1. The normalized spacial score (nSPS) is 29.8. The van der Waals surface area contributed by atoms with Gasteiger partial charge in [0.1, 0.15) is 47.7 Å². The molecule has 0 radical (unpaired) electrons. The number of aliphatic hydroxyl groups is 2. The van der Waals surface area contributed by atoms with Crippen LogP contribution in [0.3, 0.4) is 0 Å². The van der Waals surface area contributed by atoms with E-state index in [9.17, 15) is 15.0 Å². The number of aromatic nitrogens is 4. The third-order valence-corrected chi connectivity index (χ3v) is 5.82. The van der Waals surface area contributed by atoms with Gasteiger partial charge >= 0.3 is 5.97 Å². The van der Waals surface area contributed by atoms with Crippen LogP contribution in [0.25, 0.3) is 11.2 Å². The highest BCUT2D eigenvalue weighted by molar-refractivity contribution is 7.96. The first-order valence-corrected chi connectivity index (χ1v) is 9.67. The summed E-state index contributed by atoms with van der Waals surface area (Å²) in [6.07, 6.45) is -4.65. The number of fused-ring (bicyclic) bond motifs is 1. The van der Waals surface area contributed by atoms with Crippen molar-refractivity contribution in [2.45, 2.75) is 37.0 Å². The van der Waals surface area contributed by atoms with Crippen molar-refractivity contribution < 1.29 is 29.0 Å². The van der Waals surface area contributed by atoms with Gasteiger partial charge in [-0.3, -0.25) is 9.36 Å². The second-order valence-electron chi connectivity index (χ2n) is 6.23. The Balaban J connectivity index is 1.77. The molecule has 1 aliphatic heterocycles. The van der Waals surface area contributed by atoms with Crippen LogP contribution in [0.1, 0.15) is 16.8 Å². The Hall–Kier alpha value is -1.99. The van der Waals surface area contributed by atoms with E-state index in [2.05, 4.69) is 15.0 Å². The molecule has 6 atom stereocenters. The molecular weight excluding hydrogens is 376 g/mol. The number of carbonyl (C=O) groups is 1.